The molecule has 0 aromatic carbocycles. The van der Waals surface area contributed by atoms with Crippen LogP contribution in [-0.4, -0.2) is 22.8 Å². The van der Waals surface area contributed by atoms with Gasteiger partial charge in [-0.2, -0.15) is 0 Å². The van der Waals surface area contributed by atoms with Crippen LogP contribution in [0.2, 0.25) is 0 Å². The molecule has 0 aromatic heterocycles. The summed E-state index contributed by atoms with van der Waals surface area (Å²) in [5.74, 6) is -0.150. The average Bonchev–Trinajstić information content (AvgIpc) is 1.81. The lowest BCUT2D eigenvalue weighted by molar-refractivity contribution is -0.169. The third-order valence-corrected chi connectivity index (χ3v) is 2.09. The Bertz CT molecular complexity index is 220. The number of aliphatic hydroxyl groups excluding tert-OH is 1. The maximum absolute atomic E-state index is 11.2. The van der Waals surface area contributed by atoms with E-state index in [-0.39, 0.29) is 5.78 Å². The Labute approximate surface area is 73.2 Å². The SMILES string of the molecule is CC1(C)OC(O)C=C(Br)C1=O. The number of ketones is 1. The first-order chi connectivity index (χ1) is 4.93. The molecule has 0 spiro atoms. The zero-order chi connectivity index (χ0) is 8.65. The summed E-state index contributed by atoms with van der Waals surface area (Å²) in [4.78, 5) is 11.2. The van der Waals surface area contributed by atoms with Gasteiger partial charge in [0.25, 0.3) is 0 Å². The maximum atomic E-state index is 11.2. The van der Waals surface area contributed by atoms with Gasteiger partial charge in [0, 0.05) is 0 Å². The number of ether oxygens (including phenoxy) is 1. The van der Waals surface area contributed by atoms with Gasteiger partial charge in [-0.25, -0.2) is 0 Å². The highest BCUT2D eigenvalue weighted by molar-refractivity contribution is 9.12. The highest BCUT2D eigenvalue weighted by atomic mass is 79.9. The minimum absolute atomic E-state index is 0.150. The molecule has 1 N–H and O–H groups in total. The lowest BCUT2D eigenvalue weighted by atomic mass is 10.0. The summed E-state index contributed by atoms with van der Waals surface area (Å²) in [5, 5.41) is 9.05. The van der Waals surface area contributed by atoms with Crippen molar-refractivity contribution in [3.63, 3.8) is 0 Å². The predicted molar refractivity (Wildman–Crippen MR) is 43.2 cm³/mol. The predicted octanol–water partition coefficient (Wildman–Crippen LogP) is 0.962. The third-order valence-electron chi connectivity index (χ3n) is 1.47. The molecule has 0 aromatic rings. The molecule has 1 unspecified atom stereocenters. The summed E-state index contributed by atoms with van der Waals surface area (Å²) >= 11 is 3.04. The number of hydrogen-bond donors (Lipinski definition) is 1. The first-order valence-corrected chi connectivity index (χ1v) is 4.01. The smallest absolute Gasteiger partial charge is 0.200 e. The minimum atomic E-state index is -0.989. The van der Waals surface area contributed by atoms with Crippen molar-refractivity contribution in [3.8, 4) is 0 Å². The molecule has 62 valence electrons. The molecule has 1 rings (SSSR count). The molecule has 0 radical (unpaired) electrons. The summed E-state index contributed by atoms with van der Waals surface area (Å²) in [6.07, 6.45) is 0.338. The van der Waals surface area contributed by atoms with Gasteiger partial charge in [-0.1, -0.05) is 0 Å². The second-order valence-electron chi connectivity index (χ2n) is 2.86. The van der Waals surface area contributed by atoms with Crippen LogP contribution in [0.3, 0.4) is 0 Å². The summed E-state index contributed by atoms with van der Waals surface area (Å²) < 4.78 is 5.33. The van der Waals surface area contributed by atoms with Crippen molar-refractivity contribution in [1.82, 2.24) is 0 Å². The molecule has 1 atom stereocenters. The number of hydrogen-bond acceptors (Lipinski definition) is 3. The van der Waals surface area contributed by atoms with E-state index in [1.54, 1.807) is 13.8 Å². The van der Waals surface area contributed by atoms with Gasteiger partial charge in [0.15, 0.2) is 6.29 Å². The molecule has 1 heterocycles. The molecule has 11 heavy (non-hydrogen) atoms. The van der Waals surface area contributed by atoms with Crippen LogP contribution in [0.25, 0.3) is 0 Å². The normalized spacial score (nSPS) is 30.0. The Morgan fingerprint density at radius 2 is 2.27 bits per heavy atom. The van der Waals surface area contributed by atoms with Gasteiger partial charge < -0.3 is 9.84 Å². The number of aliphatic hydroxyl groups is 1. The third kappa shape index (κ3) is 1.69. The number of carbonyl (C=O) groups is 1. The van der Waals surface area contributed by atoms with E-state index in [9.17, 15) is 4.79 Å². The first kappa shape index (κ1) is 8.90. The van der Waals surface area contributed by atoms with Gasteiger partial charge in [-0.05, 0) is 35.9 Å². The molecule has 0 amide bonds. The Balaban J connectivity index is 2.96. The number of Topliss-reactive ketones (excluding diaryl/α,β-unsaturated/α-hetero) is 1. The van der Waals surface area contributed by atoms with Crippen LogP contribution in [0.15, 0.2) is 10.6 Å². The van der Waals surface area contributed by atoms with E-state index < -0.39 is 11.9 Å². The number of carbonyl (C=O) groups excluding carboxylic acids is 1. The molecule has 3 nitrogen and oxygen atoms in total. The van der Waals surface area contributed by atoms with Crippen molar-refractivity contribution in [2.75, 3.05) is 0 Å². The fraction of sp³-hybridized carbons (Fsp3) is 0.571. The van der Waals surface area contributed by atoms with Crippen molar-refractivity contribution >= 4 is 21.7 Å². The van der Waals surface area contributed by atoms with Crippen molar-refractivity contribution < 1.29 is 14.6 Å². The molecular weight excluding hydrogens is 212 g/mol. The van der Waals surface area contributed by atoms with Crippen molar-refractivity contribution in [3.05, 3.63) is 10.6 Å². The van der Waals surface area contributed by atoms with Gasteiger partial charge in [0.05, 0.1) is 4.48 Å². The molecule has 0 bridgehead atoms. The molecule has 1 aliphatic rings. The zero-order valence-corrected chi connectivity index (χ0v) is 7.88. The van der Waals surface area contributed by atoms with E-state index >= 15 is 0 Å². The Morgan fingerprint density at radius 1 is 1.73 bits per heavy atom. The van der Waals surface area contributed by atoms with E-state index in [1.807, 2.05) is 0 Å². The van der Waals surface area contributed by atoms with E-state index in [1.165, 1.54) is 6.08 Å². The lowest BCUT2D eigenvalue weighted by Gasteiger charge is -2.29. The molecule has 1 aliphatic heterocycles. The van der Waals surface area contributed by atoms with Crippen LogP contribution >= 0.6 is 15.9 Å². The summed E-state index contributed by atoms with van der Waals surface area (Å²) in [5.41, 5.74) is -0.924. The van der Waals surface area contributed by atoms with Gasteiger partial charge in [-0.15, -0.1) is 0 Å². The van der Waals surface area contributed by atoms with Gasteiger partial charge >= 0.3 is 0 Å². The lowest BCUT2D eigenvalue weighted by Crippen LogP contribution is -2.41. The minimum Gasteiger partial charge on any atom is -0.365 e. The Kier molecular flexibility index (Phi) is 2.18. The second kappa shape index (κ2) is 2.69. The second-order valence-corrected chi connectivity index (χ2v) is 3.72. The summed E-state index contributed by atoms with van der Waals surface area (Å²) in [7, 11) is 0. The maximum Gasteiger partial charge on any atom is 0.200 e. The van der Waals surface area contributed by atoms with Crippen LogP contribution in [0.1, 0.15) is 13.8 Å². The van der Waals surface area contributed by atoms with Crippen molar-refractivity contribution in [2.45, 2.75) is 25.7 Å². The zero-order valence-electron chi connectivity index (χ0n) is 6.30. The Morgan fingerprint density at radius 3 is 2.73 bits per heavy atom. The molecule has 0 saturated carbocycles. The van der Waals surface area contributed by atoms with Crippen LogP contribution in [0.5, 0.6) is 0 Å². The number of halogens is 1. The quantitative estimate of drug-likeness (QED) is 0.662. The monoisotopic (exact) mass is 220 g/mol. The summed E-state index contributed by atoms with van der Waals surface area (Å²) in [6, 6.07) is 0. The van der Waals surface area contributed by atoms with Gasteiger partial charge in [0.1, 0.15) is 5.60 Å². The molecule has 0 saturated heterocycles. The highest BCUT2D eigenvalue weighted by Gasteiger charge is 2.36. The van der Waals surface area contributed by atoms with Crippen LogP contribution in [-0.2, 0) is 9.53 Å². The van der Waals surface area contributed by atoms with Crippen molar-refractivity contribution in [2.24, 2.45) is 0 Å². The van der Waals surface area contributed by atoms with Crippen molar-refractivity contribution in [1.29, 1.82) is 0 Å². The standard InChI is InChI=1S/C7H9BrO3/c1-7(2)6(10)4(8)3-5(9)11-7/h3,5,9H,1-2H3. The molecule has 0 aliphatic carbocycles. The topological polar surface area (TPSA) is 46.5 Å². The van der Waals surface area contributed by atoms with Crippen LogP contribution < -0.4 is 0 Å². The van der Waals surface area contributed by atoms with Crippen LogP contribution in [0.4, 0.5) is 0 Å². The van der Waals surface area contributed by atoms with E-state index in [2.05, 4.69) is 15.9 Å². The fourth-order valence-electron chi connectivity index (χ4n) is 0.878. The average molecular weight is 221 g/mol. The van der Waals surface area contributed by atoms with E-state index in [0.29, 0.717) is 4.48 Å². The van der Waals surface area contributed by atoms with Gasteiger partial charge in [-0.3, -0.25) is 4.79 Å². The fourth-order valence-corrected chi connectivity index (χ4v) is 1.58. The van der Waals surface area contributed by atoms with Gasteiger partial charge in [0.2, 0.25) is 5.78 Å². The molecule has 0 fully saturated rings. The summed E-state index contributed by atoms with van der Waals surface area (Å²) in [6.45, 7) is 3.24. The van der Waals surface area contributed by atoms with Crippen LogP contribution in [0, 0.1) is 0 Å². The highest BCUT2D eigenvalue weighted by Crippen LogP contribution is 2.26. The number of rotatable bonds is 0. The van der Waals surface area contributed by atoms with E-state index in [0.717, 1.165) is 0 Å². The largest absolute Gasteiger partial charge is 0.365 e. The first-order valence-electron chi connectivity index (χ1n) is 3.21. The van der Waals surface area contributed by atoms with E-state index in [4.69, 9.17) is 9.84 Å². The molecule has 4 heteroatoms. The Hall–Kier alpha value is -0.190. The molecular formula is C7H9BrO3.